The van der Waals surface area contributed by atoms with Crippen molar-refractivity contribution in [2.24, 2.45) is 0 Å². The Balaban J connectivity index is 1.73. The second-order valence-electron chi connectivity index (χ2n) is 5.43. The summed E-state index contributed by atoms with van der Waals surface area (Å²) in [6, 6.07) is 8.57. The molecule has 0 saturated heterocycles. The van der Waals surface area contributed by atoms with Crippen molar-refractivity contribution in [3.8, 4) is 5.75 Å². The van der Waals surface area contributed by atoms with Crippen LogP contribution in [0.5, 0.6) is 5.75 Å². The normalized spacial score (nSPS) is 17.9. The Kier molecular flexibility index (Phi) is 6.34. The van der Waals surface area contributed by atoms with Crippen molar-refractivity contribution in [3.05, 3.63) is 29.8 Å². The Bertz CT molecular complexity index is 368. The van der Waals surface area contributed by atoms with Crippen molar-refractivity contribution in [1.29, 1.82) is 0 Å². The number of ether oxygens (including phenoxy) is 3. The molecule has 1 saturated carbocycles. The molecule has 1 aliphatic rings. The molecule has 112 valence electrons. The van der Waals surface area contributed by atoms with E-state index in [1.165, 1.54) is 37.7 Å². The van der Waals surface area contributed by atoms with Crippen molar-refractivity contribution < 1.29 is 14.2 Å². The van der Waals surface area contributed by atoms with E-state index in [-0.39, 0.29) is 6.29 Å². The quantitative estimate of drug-likeness (QED) is 0.554. The molecule has 1 atom stereocenters. The molecule has 0 bridgehead atoms. The van der Waals surface area contributed by atoms with Gasteiger partial charge in [0.1, 0.15) is 12.4 Å². The number of rotatable bonds is 7. The maximum absolute atomic E-state index is 5.66. The summed E-state index contributed by atoms with van der Waals surface area (Å²) in [6.07, 6.45) is 6.65. The largest absolute Gasteiger partial charge is 0.491 e. The summed E-state index contributed by atoms with van der Waals surface area (Å²) >= 11 is 0. The summed E-state index contributed by atoms with van der Waals surface area (Å²) in [7, 11) is 1.63. The molecule has 1 unspecified atom stereocenters. The van der Waals surface area contributed by atoms with Gasteiger partial charge in [0, 0.05) is 7.11 Å². The molecule has 0 aliphatic heterocycles. The summed E-state index contributed by atoms with van der Waals surface area (Å²) in [5, 5.41) is 0. The minimum Gasteiger partial charge on any atom is -0.491 e. The summed E-state index contributed by atoms with van der Waals surface area (Å²) in [5.74, 6) is 1.67. The molecule has 0 aromatic heterocycles. The molecule has 1 aromatic carbocycles. The van der Waals surface area contributed by atoms with Crippen LogP contribution in [0.1, 0.15) is 50.5 Å². The van der Waals surface area contributed by atoms with Crippen LogP contribution in [0.3, 0.4) is 0 Å². The van der Waals surface area contributed by atoms with Gasteiger partial charge in [0.2, 0.25) is 0 Å². The second-order valence-corrected chi connectivity index (χ2v) is 5.43. The fraction of sp³-hybridized carbons (Fsp3) is 0.647. The molecule has 3 nitrogen and oxygen atoms in total. The van der Waals surface area contributed by atoms with Gasteiger partial charge in [0.15, 0.2) is 6.29 Å². The summed E-state index contributed by atoms with van der Waals surface area (Å²) in [5.41, 5.74) is 1.46. The Morgan fingerprint density at radius 2 is 1.75 bits per heavy atom. The van der Waals surface area contributed by atoms with E-state index >= 15 is 0 Å². The lowest BCUT2D eigenvalue weighted by Gasteiger charge is -2.22. The highest BCUT2D eigenvalue weighted by Gasteiger charge is 2.15. The SMILES string of the molecule is COC(C)OCCOc1ccc(C2CCCCC2)cc1. The first kappa shape index (κ1) is 15.3. The van der Waals surface area contributed by atoms with Gasteiger partial charge in [-0.2, -0.15) is 0 Å². The van der Waals surface area contributed by atoms with E-state index in [1.807, 2.05) is 6.92 Å². The van der Waals surface area contributed by atoms with Crippen molar-refractivity contribution in [2.75, 3.05) is 20.3 Å². The fourth-order valence-corrected chi connectivity index (χ4v) is 2.71. The van der Waals surface area contributed by atoms with Crippen molar-refractivity contribution >= 4 is 0 Å². The summed E-state index contributed by atoms with van der Waals surface area (Å²) in [6.45, 7) is 2.97. The molecule has 0 N–H and O–H groups in total. The molecule has 0 radical (unpaired) electrons. The molecular formula is C17H26O3. The molecule has 0 heterocycles. The zero-order valence-electron chi connectivity index (χ0n) is 12.6. The lowest BCUT2D eigenvalue weighted by atomic mass is 9.84. The van der Waals surface area contributed by atoms with Gasteiger partial charge in [0.25, 0.3) is 0 Å². The molecule has 20 heavy (non-hydrogen) atoms. The lowest BCUT2D eigenvalue weighted by Crippen LogP contribution is -2.15. The van der Waals surface area contributed by atoms with Gasteiger partial charge in [-0.3, -0.25) is 0 Å². The van der Waals surface area contributed by atoms with Gasteiger partial charge in [0.05, 0.1) is 6.61 Å². The standard InChI is InChI=1S/C17H26O3/c1-14(18-2)19-12-13-20-17-10-8-16(9-11-17)15-6-4-3-5-7-15/h8-11,14-15H,3-7,12-13H2,1-2H3. The van der Waals surface area contributed by atoms with Crippen LogP contribution in [0.2, 0.25) is 0 Å². The molecule has 3 heteroatoms. The Hall–Kier alpha value is -1.06. The van der Waals surface area contributed by atoms with E-state index in [0.29, 0.717) is 13.2 Å². The highest BCUT2D eigenvalue weighted by molar-refractivity contribution is 5.29. The first-order valence-corrected chi connectivity index (χ1v) is 7.67. The van der Waals surface area contributed by atoms with Crippen molar-refractivity contribution in [3.63, 3.8) is 0 Å². The van der Waals surface area contributed by atoms with Gasteiger partial charge in [-0.1, -0.05) is 31.4 Å². The molecule has 1 fully saturated rings. The maximum atomic E-state index is 5.66. The van der Waals surface area contributed by atoms with Crippen LogP contribution in [0.4, 0.5) is 0 Å². The Morgan fingerprint density at radius 3 is 2.40 bits per heavy atom. The minimum atomic E-state index is -0.174. The fourth-order valence-electron chi connectivity index (χ4n) is 2.71. The maximum Gasteiger partial charge on any atom is 0.154 e. The first-order chi connectivity index (χ1) is 9.79. The number of benzene rings is 1. The first-order valence-electron chi connectivity index (χ1n) is 7.67. The van der Waals surface area contributed by atoms with E-state index in [0.717, 1.165) is 11.7 Å². The van der Waals surface area contributed by atoms with Crippen LogP contribution in [0.15, 0.2) is 24.3 Å². The lowest BCUT2D eigenvalue weighted by molar-refractivity contribution is -0.115. The second kappa shape index (κ2) is 8.28. The molecule has 0 spiro atoms. The highest BCUT2D eigenvalue weighted by atomic mass is 16.7. The number of hydrogen-bond acceptors (Lipinski definition) is 3. The average Bonchev–Trinajstić information content (AvgIpc) is 2.52. The van der Waals surface area contributed by atoms with E-state index in [2.05, 4.69) is 24.3 Å². The monoisotopic (exact) mass is 278 g/mol. The Morgan fingerprint density at radius 1 is 1.05 bits per heavy atom. The average molecular weight is 278 g/mol. The van der Waals surface area contributed by atoms with E-state index in [4.69, 9.17) is 14.2 Å². The molecule has 1 aliphatic carbocycles. The molecule has 1 aromatic rings. The van der Waals surface area contributed by atoms with Crippen LogP contribution in [-0.4, -0.2) is 26.6 Å². The van der Waals surface area contributed by atoms with Crippen molar-refractivity contribution in [1.82, 2.24) is 0 Å². The van der Waals surface area contributed by atoms with Gasteiger partial charge in [-0.05, 0) is 43.4 Å². The van der Waals surface area contributed by atoms with Crippen LogP contribution in [0.25, 0.3) is 0 Å². The van der Waals surface area contributed by atoms with E-state index in [1.54, 1.807) is 7.11 Å². The number of hydrogen-bond donors (Lipinski definition) is 0. The third-order valence-electron chi connectivity index (χ3n) is 3.99. The number of methoxy groups -OCH3 is 1. The molecule has 2 rings (SSSR count). The summed E-state index contributed by atoms with van der Waals surface area (Å²) in [4.78, 5) is 0. The topological polar surface area (TPSA) is 27.7 Å². The third kappa shape index (κ3) is 4.80. The Labute approximate surface area is 122 Å². The van der Waals surface area contributed by atoms with Crippen LogP contribution in [0, 0.1) is 0 Å². The summed E-state index contributed by atoms with van der Waals surface area (Å²) < 4.78 is 16.1. The minimum absolute atomic E-state index is 0.174. The van der Waals surface area contributed by atoms with Crippen LogP contribution < -0.4 is 4.74 Å². The van der Waals surface area contributed by atoms with Gasteiger partial charge in [-0.15, -0.1) is 0 Å². The predicted molar refractivity (Wildman–Crippen MR) is 80.2 cm³/mol. The smallest absolute Gasteiger partial charge is 0.154 e. The van der Waals surface area contributed by atoms with Gasteiger partial charge in [-0.25, -0.2) is 0 Å². The third-order valence-corrected chi connectivity index (χ3v) is 3.99. The van der Waals surface area contributed by atoms with E-state index < -0.39 is 0 Å². The van der Waals surface area contributed by atoms with Crippen LogP contribution in [-0.2, 0) is 9.47 Å². The zero-order valence-corrected chi connectivity index (χ0v) is 12.6. The van der Waals surface area contributed by atoms with Crippen LogP contribution >= 0.6 is 0 Å². The van der Waals surface area contributed by atoms with E-state index in [9.17, 15) is 0 Å². The van der Waals surface area contributed by atoms with Gasteiger partial charge < -0.3 is 14.2 Å². The molecule has 0 amide bonds. The zero-order chi connectivity index (χ0) is 14.2. The van der Waals surface area contributed by atoms with Gasteiger partial charge >= 0.3 is 0 Å². The van der Waals surface area contributed by atoms with Crippen molar-refractivity contribution in [2.45, 2.75) is 51.2 Å². The predicted octanol–water partition coefficient (Wildman–Crippen LogP) is 4.12. The highest BCUT2D eigenvalue weighted by Crippen LogP contribution is 2.33. The molecular weight excluding hydrogens is 252 g/mol.